The zero-order chi connectivity index (χ0) is 14.3. The minimum Gasteiger partial charge on any atom is -0.351 e. The number of nitrogens with one attached hydrogen (secondary N) is 1. The number of ether oxygens (including phenoxy) is 2. The van der Waals surface area contributed by atoms with Crippen LogP contribution >= 0.6 is 11.6 Å². The van der Waals surface area contributed by atoms with Crippen molar-refractivity contribution in [3.63, 3.8) is 0 Å². The van der Waals surface area contributed by atoms with Gasteiger partial charge in [0.15, 0.2) is 12.1 Å². The molecule has 6 heteroatoms. The van der Waals surface area contributed by atoms with Crippen molar-refractivity contribution < 1.29 is 18.7 Å². The van der Waals surface area contributed by atoms with Gasteiger partial charge in [0, 0.05) is 13.2 Å². The number of carbonyl (C=O) groups excluding carboxylic acids is 1. The third-order valence-electron chi connectivity index (χ3n) is 2.33. The van der Waals surface area contributed by atoms with Crippen molar-refractivity contribution in [3.8, 4) is 0 Å². The lowest BCUT2D eigenvalue weighted by Crippen LogP contribution is -2.35. The molecule has 0 saturated carbocycles. The van der Waals surface area contributed by atoms with Gasteiger partial charge in [-0.25, -0.2) is 4.39 Å². The number of halogens is 2. The first-order valence-electron chi connectivity index (χ1n) is 6.05. The Labute approximate surface area is 116 Å². The van der Waals surface area contributed by atoms with Crippen molar-refractivity contribution in [2.45, 2.75) is 20.1 Å². The first-order chi connectivity index (χ1) is 9.10. The lowest BCUT2D eigenvalue weighted by atomic mass is 10.2. The van der Waals surface area contributed by atoms with Crippen LogP contribution in [0.3, 0.4) is 0 Å². The Hall–Kier alpha value is -1.17. The van der Waals surface area contributed by atoms with E-state index in [0.29, 0.717) is 13.2 Å². The normalized spacial score (nSPS) is 10.8. The van der Waals surface area contributed by atoms with Crippen LogP contribution in [0.25, 0.3) is 0 Å². The number of hydrogen-bond donors (Lipinski definition) is 1. The van der Waals surface area contributed by atoms with E-state index in [1.165, 1.54) is 18.2 Å². The standard InChI is InChI=1S/C13H17ClFNO3/c1-3-18-11(19-4-2)8-16-13(17)9-6-5-7-10(14)12(9)15/h5-7,11H,3-4,8H2,1-2H3,(H,16,17). The largest absolute Gasteiger partial charge is 0.351 e. The molecule has 0 unspecified atom stereocenters. The number of benzene rings is 1. The van der Waals surface area contributed by atoms with Crippen molar-refractivity contribution in [1.82, 2.24) is 5.32 Å². The van der Waals surface area contributed by atoms with E-state index in [2.05, 4.69) is 5.32 Å². The monoisotopic (exact) mass is 289 g/mol. The van der Waals surface area contributed by atoms with E-state index in [0.717, 1.165) is 0 Å². The Kier molecular flexibility index (Phi) is 6.77. The minimum atomic E-state index is -0.731. The third kappa shape index (κ3) is 4.78. The van der Waals surface area contributed by atoms with E-state index < -0.39 is 18.0 Å². The van der Waals surface area contributed by atoms with Gasteiger partial charge in [-0.2, -0.15) is 0 Å². The lowest BCUT2D eigenvalue weighted by Gasteiger charge is -2.17. The second kappa shape index (κ2) is 8.09. The molecule has 0 aromatic heterocycles. The summed E-state index contributed by atoms with van der Waals surface area (Å²) in [6, 6.07) is 4.27. The summed E-state index contributed by atoms with van der Waals surface area (Å²) in [5.74, 6) is -1.28. The molecule has 0 aliphatic rings. The second-order valence-electron chi connectivity index (χ2n) is 3.65. The van der Waals surface area contributed by atoms with E-state index >= 15 is 0 Å². The summed E-state index contributed by atoms with van der Waals surface area (Å²) in [7, 11) is 0. The Balaban J connectivity index is 2.61. The highest BCUT2D eigenvalue weighted by Gasteiger charge is 2.16. The Morgan fingerprint density at radius 1 is 1.37 bits per heavy atom. The number of hydrogen-bond acceptors (Lipinski definition) is 3. The molecule has 1 aromatic carbocycles. The smallest absolute Gasteiger partial charge is 0.254 e. The zero-order valence-corrected chi connectivity index (χ0v) is 11.7. The summed E-state index contributed by atoms with van der Waals surface area (Å²) < 4.78 is 24.1. The molecule has 1 rings (SSSR count). The van der Waals surface area contributed by atoms with Crippen LogP contribution in [0.5, 0.6) is 0 Å². The highest BCUT2D eigenvalue weighted by molar-refractivity contribution is 6.31. The Morgan fingerprint density at radius 3 is 2.58 bits per heavy atom. The summed E-state index contributed by atoms with van der Waals surface area (Å²) in [5.41, 5.74) is -0.0979. The average Bonchev–Trinajstić information content (AvgIpc) is 2.39. The van der Waals surface area contributed by atoms with Crippen molar-refractivity contribution in [1.29, 1.82) is 0 Å². The molecule has 4 nitrogen and oxygen atoms in total. The highest BCUT2D eigenvalue weighted by atomic mass is 35.5. The molecule has 106 valence electrons. The van der Waals surface area contributed by atoms with Crippen LogP contribution in [0.15, 0.2) is 18.2 Å². The molecule has 1 N–H and O–H groups in total. The molecule has 0 fully saturated rings. The van der Waals surface area contributed by atoms with Crippen LogP contribution in [0, 0.1) is 5.82 Å². The maximum Gasteiger partial charge on any atom is 0.254 e. The van der Waals surface area contributed by atoms with Gasteiger partial charge in [-0.05, 0) is 26.0 Å². The number of rotatable bonds is 7. The van der Waals surface area contributed by atoms with Crippen LogP contribution in [-0.4, -0.2) is 32.0 Å². The van der Waals surface area contributed by atoms with Gasteiger partial charge in [0.05, 0.1) is 17.1 Å². The Morgan fingerprint density at radius 2 is 2.00 bits per heavy atom. The van der Waals surface area contributed by atoms with Gasteiger partial charge >= 0.3 is 0 Å². The first kappa shape index (κ1) is 15.9. The van der Waals surface area contributed by atoms with Crippen LogP contribution < -0.4 is 5.32 Å². The van der Waals surface area contributed by atoms with E-state index in [9.17, 15) is 9.18 Å². The summed E-state index contributed by atoms with van der Waals surface area (Å²) in [6.07, 6.45) is -0.541. The fourth-order valence-electron chi connectivity index (χ4n) is 1.49. The van der Waals surface area contributed by atoms with Gasteiger partial charge in [0.25, 0.3) is 5.91 Å². The summed E-state index contributed by atoms with van der Waals surface area (Å²) >= 11 is 5.62. The highest BCUT2D eigenvalue weighted by Crippen LogP contribution is 2.17. The van der Waals surface area contributed by atoms with E-state index in [1.807, 2.05) is 13.8 Å². The molecule has 0 heterocycles. The van der Waals surface area contributed by atoms with Gasteiger partial charge < -0.3 is 14.8 Å². The van der Waals surface area contributed by atoms with E-state index in [1.54, 1.807) is 0 Å². The summed E-state index contributed by atoms with van der Waals surface area (Å²) in [6.45, 7) is 4.72. The quantitative estimate of drug-likeness (QED) is 0.785. The molecular weight excluding hydrogens is 273 g/mol. The van der Waals surface area contributed by atoms with Gasteiger partial charge in [-0.3, -0.25) is 4.79 Å². The molecule has 0 aliphatic carbocycles. The van der Waals surface area contributed by atoms with Crippen molar-refractivity contribution >= 4 is 17.5 Å². The molecule has 1 aromatic rings. The fraction of sp³-hybridized carbons (Fsp3) is 0.462. The van der Waals surface area contributed by atoms with E-state index in [-0.39, 0.29) is 17.1 Å². The van der Waals surface area contributed by atoms with Crippen LogP contribution in [-0.2, 0) is 9.47 Å². The number of carbonyl (C=O) groups is 1. The zero-order valence-electron chi connectivity index (χ0n) is 10.9. The SMILES string of the molecule is CCOC(CNC(=O)c1cccc(Cl)c1F)OCC. The molecule has 0 atom stereocenters. The third-order valence-corrected chi connectivity index (χ3v) is 2.62. The maximum absolute atomic E-state index is 13.6. The molecule has 0 spiro atoms. The van der Waals surface area contributed by atoms with Crippen LogP contribution in [0.2, 0.25) is 5.02 Å². The first-order valence-corrected chi connectivity index (χ1v) is 6.43. The molecule has 0 saturated heterocycles. The average molecular weight is 290 g/mol. The predicted octanol–water partition coefficient (Wildman–Crippen LogP) is 2.61. The topological polar surface area (TPSA) is 47.6 Å². The van der Waals surface area contributed by atoms with E-state index in [4.69, 9.17) is 21.1 Å². The predicted molar refractivity (Wildman–Crippen MR) is 70.8 cm³/mol. The Bertz CT molecular complexity index is 422. The van der Waals surface area contributed by atoms with Crippen molar-refractivity contribution in [2.75, 3.05) is 19.8 Å². The second-order valence-corrected chi connectivity index (χ2v) is 4.06. The fourth-order valence-corrected chi connectivity index (χ4v) is 1.66. The van der Waals surface area contributed by atoms with Crippen molar-refractivity contribution in [3.05, 3.63) is 34.6 Å². The number of amides is 1. The molecule has 0 radical (unpaired) electrons. The van der Waals surface area contributed by atoms with Gasteiger partial charge in [0.1, 0.15) is 0 Å². The maximum atomic E-state index is 13.6. The lowest BCUT2D eigenvalue weighted by molar-refractivity contribution is -0.131. The van der Waals surface area contributed by atoms with Gasteiger partial charge in [-0.1, -0.05) is 17.7 Å². The molecule has 19 heavy (non-hydrogen) atoms. The summed E-state index contributed by atoms with van der Waals surface area (Å²) in [4.78, 5) is 11.8. The molecule has 1 amide bonds. The van der Waals surface area contributed by atoms with Crippen molar-refractivity contribution in [2.24, 2.45) is 0 Å². The summed E-state index contributed by atoms with van der Waals surface area (Å²) in [5, 5.41) is 2.46. The van der Waals surface area contributed by atoms with Crippen LogP contribution in [0.4, 0.5) is 4.39 Å². The van der Waals surface area contributed by atoms with Crippen LogP contribution in [0.1, 0.15) is 24.2 Å². The molecule has 0 bridgehead atoms. The molecule has 0 aliphatic heterocycles. The minimum absolute atomic E-state index is 0.0844. The molecular formula is C13H17ClFNO3. The van der Waals surface area contributed by atoms with Gasteiger partial charge in [-0.15, -0.1) is 0 Å². The van der Waals surface area contributed by atoms with Gasteiger partial charge in [0.2, 0.25) is 0 Å².